The van der Waals surface area contributed by atoms with Crippen LogP contribution in [0.1, 0.15) is 32.1 Å². The second-order valence-corrected chi connectivity index (χ2v) is 8.54. The van der Waals surface area contributed by atoms with Gasteiger partial charge < -0.3 is 25.4 Å². The van der Waals surface area contributed by atoms with Crippen LogP contribution < -0.4 is 21.0 Å². The summed E-state index contributed by atoms with van der Waals surface area (Å²) in [5, 5.41) is 15.7. The number of hydrogen-bond acceptors (Lipinski definition) is 8. The number of carbonyl (C=O) groups is 1. The third-order valence-electron chi connectivity index (χ3n) is 6.38. The van der Waals surface area contributed by atoms with E-state index in [0.717, 1.165) is 35.6 Å². The fourth-order valence-electron chi connectivity index (χ4n) is 4.56. The van der Waals surface area contributed by atoms with Gasteiger partial charge in [-0.15, -0.1) is 12.4 Å². The molecule has 12 heteroatoms. The highest BCUT2D eigenvalue weighted by Crippen LogP contribution is 2.26. The number of hydroxylamine groups is 1. The summed E-state index contributed by atoms with van der Waals surface area (Å²) in [4.78, 5) is 32.1. The van der Waals surface area contributed by atoms with Gasteiger partial charge in [-0.25, -0.2) is 15.3 Å². The number of H-pyrrole nitrogens is 1. The van der Waals surface area contributed by atoms with Crippen molar-refractivity contribution in [2.75, 3.05) is 41.7 Å². The Morgan fingerprint density at radius 3 is 2.47 bits per heavy atom. The van der Waals surface area contributed by atoms with Gasteiger partial charge in [0.15, 0.2) is 11.5 Å². The van der Waals surface area contributed by atoms with Gasteiger partial charge in [-0.1, -0.05) is 19.3 Å². The molecule has 11 nitrogen and oxygen atoms in total. The number of piperazine rings is 1. The molecule has 1 saturated heterocycles. The van der Waals surface area contributed by atoms with Crippen molar-refractivity contribution in [3.05, 3.63) is 30.6 Å². The molecule has 1 aromatic carbocycles. The standard InChI is InChI=1S/C22H29N9O2.ClH/c32-22(29-33)31-12-10-30(11-13-31)17-8-6-16(7-9-17)26-21-27-19-18(23-14-24-19)20(28-21)25-15-4-2-1-3-5-15;/h6-9,14-15,33H,1-5,10-13H2,(H,29,32)(H3,23,24,25,26,27,28);1H. The van der Waals surface area contributed by atoms with Crippen molar-refractivity contribution in [3.8, 4) is 0 Å². The SMILES string of the molecule is Cl.O=C(NO)N1CCN(c2ccc(Nc3nc(NC4CCCCC4)c4[nH]cnc4n3)cc2)CC1. The Bertz CT molecular complexity index is 1090. The van der Waals surface area contributed by atoms with Gasteiger partial charge in [-0.05, 0) is 37.1 Å². The molecule has 0 radical (unpaired) electrons. The fourth-order valence-corrected chi connectivity index (χ4v) is 4.56. The molecule has 0 unspecified atom stereocenters. The number of anilines is 4. The summed E-state index contributed by atoms with van der Waals surface area (Å²) in [6.07, 6.45) is 7.75. The zero-order chi connectivity index (χ0) is 22.6. The van der Waals surface area contributed by atoms with E-state index in [1.807, 2.05) is 24.3 Å². The summed E-state index contributed by atoms with van der Waals surface area (Å²) in [6, 6.07) is 8.04. The Kier molecular flexibility index (Phi) is 7.53. The highest BCUT2D eigenvalue weighted by atomic mass is 35.5. The van der Waals surface area contributed by atoms with E-state index in [1.54, 1.807) is 16.7 Å². The number of halogens is 1. The summed E-state index contributed by atoms with van der Waals surface area (Å²) < 4.78 is 0. The van der Waals surface area contributed by atoms with Crippen LogP contribution in [-0.4, -0.2) is 68.3 Å². The van der Waals surface area contributed by atoms with E-state index in [0.29, 0.717) is 43.8 Å². The van der Waals surface area contributed by atoms with Crippen molar-refractivity contribution in [2.45, 2.75) is 38.1 Å². The molecule has 5 N–H and O–H groups in total. The van der Waals surface area contributed by atoms with Gasteiger partial charge in [0.25, 0.3) is 0 Å². The van der Waals surface area contributed by atoms with Crippen molar-refractivity contribution < 1.29 is 10.0 Å². The Morgan fingerprint density at radius 1 is 1.03 bits per heavy atom. The number of nitrogens with zero attached hydrogens (tertiary/aromatic N) is 5. The van der Waals surface area contributed by atoms with Gasteiger partial charge in [-0.2, -0.15) is 9.97 Å². The van der Waals surface area contributed by atoms with Gasteiger partial charge in [0, 0.05) is 43.6 Å². The molecule has 3 heterocycles. The molecular weight excluding hydrogens is 458 g/mol. The Morgan fingerprint density at radius 2 is 1.76 bits per heavy atom. The van der Waals surface area contributed by atoms with Crippen LogP contribution in [0.5, 0.6) is 0 Å². The van der Waals surface area contributed by atoms with Crippen molar-refractivity contribution >= 4 is 52.7 Å². The quantitative estimate of drug-likeness (QED) is 0.273. The first kappa shape index (κ1) is 23.8. The second kappa shape index (κ2) is 10.7. The number of aromatic amines is 1. The van der Waals surface area contributed by atoms with E-state index in [-0.39, 0.29) is 12.4 Å². The Labute approximate surface area is 203 Å². The first-order valence-electron chi connectivity index (χ1n) is 11.5. The lowest BCUT2D eigenvalue weighted by molar-refractivity contribution is 0.127. The van der Waals surface area contributed by atoms with E-state index in [9.17, 15) is 4.79 Å². The average Bonchev–Trinajstić information content (AvgIpc) is 3.34. The number of nitrogens with one attached hydrogen (secondary N) is 4. The first-order chi connectivity index (χ1) is 16.2. The minimum Gasteiger partial charge on any atom is -0.368 e. The predicted molar refractivity (Wildman–Crippen MR) is 133 cm³/mol. The Hall–Kier alpha value is -3.31. The molecule has 0 bridgehead atoms. The summed E-state index contributed by atoms with van der Waals surface area (Å²) >= 11 is 0. The normalized spacial score (nSPS) is 16.7. The highest BCUT2D eigenvalue weighted by Gasteiger charge is 2.21. The highest BCUT2D eigenvalue weighted by molar-refractivity contribution is 5.85. The van der Waals surface area contributed by atoms with Crippen molar-refractivity contribution in [2.24, 2.45) is 0 Å². The van der Waals surface area contributed by atoms with Crippen LogP contribution >= 0.6 is 12.4 Å². The van der Waals surface area contributed by atoms with Crippen LogP contribution in [0.2, 0.25) is 0 Å². The molecule has 0 spiro atoms. The minimum absolute atomic E-state index is 0. The lowest BCUT2D eigenvalue weighted by Gasteiger charge is -2.35. The average molecular weight is 488 g/mol. The van der Waals surface area contributed by atoms with Gasteiger partial charge in [-0.3, -0.25) is 5.21 Å². The predicted octanol–water partition coefficient (Wildman–Crippen LogP) is 3.48. The number of aromatic nitrogens is 4. The van der Waals surface area contributed by atoms with Crippen molar-refractivity contribution in [1.29, 1.82) is 0 Å². The minimum atomic E-state index is -0.458. The van der Waals surface area contributed by atoms with Crippen LogP contribution in [0.25, 0.3) is 11.2 Å². The second-order valence-electron chi connectivity index (χ2n) is 8.54. The smallest absolute Gasteiger partial charge is 0.341 e. The molecule has 1 aliphatic heterocycles. The summed E-state index contributed by atoms with van der Waals surface area (Å²) in [6.45, 7) is 2.52. The number of carbonyl (C=O) groups excluding carboxylic acids is 1. The molecule has 34 heavy (non-hydrogen) atoms. The summed E-state index contributed by atoms with van der Waals surface area (Å²) in [5.41, 5.74) is 5.12. The monoisotopic (exact) mass is 487 g/mol. The summed E-state index contributed by atoms with van der Waals surface area (Å²) in [5.74, 6) is 1.29. The fraction of sp³-hybridized carbons (Fsp3) is 0.455. The molecule has 0 atom stereocenters. The molecule has 2 aliphatic rings. The van der Waals surface area contributed by atoms with Crippen molar-refractivity contribution in [3.63, 3.8) is 0 Å². The zero-order valence-electron chi connectivity index (χ0n) is 18.8. The molecule has 2 aromatic heterocycles. The number of hydrogen-bond donors (Lipinski definition) is 5. The molecule has 1 aliphatic carbocycles. The maximum Gasteiger partial charge on any atom is 0.341 e. The number of rotatable bonds is 5. The third-order valence-corrected chi connectivity index (χ3v) is 6.38. The van der Waals surface area contributed by atoms with Crippen LogP contribution in [0.15, 0.2) is 30.6 Å². The molecular formula is C22H30ClN9O2. The van der Waals surface area contributed by atoms with E-state index in [1.165, 1.54) is 19.3 Å². The van der Waals surface area contributed by atoms with E-state index >= 15 is 0 Å². The van der Waals surface area contributed by atoms with Gasteiger partial charge in [0.1, 0.15) is 5.52 Å². The molecule has 5 rings (SSSR count). The zero-order valence-corrected chi connectivity index (χ0v) is 19.6. The lowest BCUT2D eigenvalue weighted by atomic mass is 9.95. The third kappa shape index (κ3) is 5.26. The number of imidazole rings is 1. The number of urea groups is 1. The number of fused-ring (bicyclic) bond motifs is 1. The molecule has 3 aromatic rings. The van der Waals surface area contributed by atoms with Crippen LogP contribution in [0.4, 0.5) is 27.9 Å². The topological polar surface area (TPSA) is 134 Å². The molecule has 2 fully saturated rings. The number of amides is 2. The van der Waals surface area contributed by atoms with Crippen LogP contribution in [-0.2, 0) is 0 Å². The van der Waals surface area contributed by atoms with Gasteiger partial charge in [0.05, 0.1) is 6.33 Å². The number of benzene rings is 1. The van der Waals surface area contributed by atoms with Crippen LogP contribution in [0, 0.1) is 0 Å². The first-order valence-corrected chi connectivity index (χ1v) is 11.5. The van der Waals surface area contributed by atoms with E-state index < -0.39 is 6.03 Å². The van der Waals surface area contributed by atoms with Crippen LogP contribution in [0.3, 0.4) is 0 Å². The maximum atomic E-state index is 11.5. The van der Waals surface area contributed by atoms with Gasteiger partial charge in [0.2, 0.25) is 5.95 Å². The molecule has 182 valence electrons. The summed E-state index contributed by atoms with van der Waals surface area (Å²) in [7, 11) is 0. The van der Waals surface area contributed by atoms with Gasteiger partial charge >= 0.3 is 6.03 Å². The molecule has 1 saturated carbocycles. The lowest BCUT2D eigenvalue weighted by Crippen LogP contribution is -2.51. The largest absolute Gasteiger partial charge is 0.368 e. The maximum absolute atomic E-state index is 11.5. The molecule has 2 amide bonds. The Balaban J connectivity index is 0.00000274. The van der Waals surface area contributed by atoms with Crippen molar-refractivity contribution in [1.82, 2.24) is 30.3 Å². The van der Waals surface area contributed by atoms with E-state index in [4.69, 9.17) is 10.2 Å². The van der Waals surface area contributed by atoms with E-state index in [2.05, 4.69) is 30.5 Å².